The first kappa shape index (κ1) is 20.3. The van der Waals surface area contributed by atoms with Crippen molar-refractivity contribution in [3.63, 3.8) is 0 Å². The Morgan fingerprint density at radius 2 is 1.73 bits per heavy atom. The van der Waals surface area contributed by atoms with E-state index in [1.807, 2.05) is 4.90 Å². The Labute approximate surface area is 175 Å². The lowest BCUT2D eigenvalue weighted by Crippen LogP contribution is -2.44. The summed E-state index contributed by atoms with van der Waals surface area (Å²) in [7, 11) is 0. The molecular formula is C23H25FN2O4. The fraction of sp³-hybridized carbons (Fsp3) is 0.391. The Hall–Kier alpha value is -2.93. The summed E-state index contributed by atoms with van der Waals surface area (Å²) in [6.07, 6.45) is 2.09. The Balaban J connectivity index is 1.27. The van der Waals surface area contributed by atoms with Crippen LogP contribution in [0.4, 0.5) is 10.1 Å². The molecule has 0 radical (unpaired) electrons. The highest BCUT2D eigenvalue weighted by molar-refractivity contribution is 5.92. The number of nitrogens with one attached hydrogen (secondary N) is 1. The molecule has 4 rings (SSSR count). The number of hydrogen-bond acceptors (Lipinski definition) is 4. The van der Waals surface area contributed by atoms with Gasteiger partial charge in [0.15, 0.2) is 11.6 Å². The van der Waals surface area contributed by atoms with E-state index in [-0.39, 0.29) is 29.4 Å². The number of anilines is 1. The van der Waals surface area contributed by atoms with E-state index in [2.05, 4.69) is 5.32 Å². The van der Waals surface area contributed by atoms with Crippen molar-refractivity contribution in [3.8, 4) is 11.5 Å². The molecular weight excluding hydrogens is 387 g/mol. The molecule has 2 aromatic rings. The van der Waals surface area contributed by atoms with Crippen molar-refractivity contribution in [2.75, 3.05) is 31.6 Å². The zero-order valence-electron chi connectivity index (χ0n) is 16.7. The normalized spacial score (nSPS) is 19.5. The first-order valence-corrected chi connectivity index (χ1v) is 10.3. The zero-order chi connectivity index (χ0) is 20.9. The van der Waals surface area contributed by atoms with E-state index in [9.17, 15) is 14.0 Å². The third-order valence-electron chi connectivity index (χ3n) is 5.64. The Morgan fingerprint density at radius 1 is 1.00 bits per heavy atom. The van der Waals surface area contributed by atoms with Crippen molar-refractivity contribution >= 4 is 17.5 Å². The number of benzene rings is 2. The number of carbonyl (C=O) groups excluding carboxylic acids is 2. The molecule has 2 heterocycles. The molecule has 2 aliphatic rings. The van der Waals surface area contributed by atoms with Crippen molar-refractivity contribution in [1.82, 2.24) is 4.90 Å². The zero-order valence-corrected chi connectivity index (χ0v) is 16.7. The van der Waals surface area contributed by atoms with Crippen LogP contribution in [0.25, 0.3) is 0 Å². The number of amides is 2. The van der Waals surface area contributed by atoms with Gasteiger partial charge in [-0.3, -0.25) is 9.59 Å². The van der Waals surface area contributed by atoms with Crippen LogP contribution in [-0.4, -0.2) is 43.0 Å². The maximum atomic E-state index is 13.7. The van der Waals surface area contributed by atoms with E-state index >= 15 is 0 Å². The molecule has 0 saturated carbocycles. The van der Waals surface area contributed by atoms with Gasteiger partial charge in [0.05, 0.1) is 12.5 Å². The first-order valence-electron chi connectivity index (χ1n) is 10.3. The highest BCUT2D eigenvalue weighted by Gasteiger charge is 2.32. The van der Waals surface area contributed by atoms with E-state index in [0.717, 1.165) is 6.42 Å². The lowest BCUT2D eigenvalue weighted by atomic mass is 9.94. The summed E-state index contributed by atoms with van der Waals surface area (Å²) in [5.74, 6) is 0.162. The molecule has 6 nitrogen and oxygen atoms in total. The van der Waals surface area contributed by atoms with Gasteiger partial charge in [-0.15, -0.1) is 0 Å². The van der Waals surface area contributed by atoms with Crippen LogP contribution < -0.4 is 10.1 Å². The Kier molecular flexibility index (Phi) is 6.28. The van der Waals surface area contributed by atoms with Crippen LogP contribution in [0.3, 0.4) is 0 Å². The molecule has 1 atom stereocenters. The Bertz CT molecular complexity index is 888. The van der Waals surface area contributed by atoms with Gasteiger partial charge in [-0.2, -0.15) is 0 Å². The number of hydrogen-bond donors (Lipinski definition) is 1. The maximum Gasteiger partial charge on any atom is 0.228 e. The minimum Gasteiger partial charge on any atom is -0.454 e. The van der Waals surface area contributed by atoms with E-state index in [4.69, 9.17) is 9.47 Å². The van der Waals surface area contributed by atoms with Gasteiger partial charge in [0, 0.05) is 31.3 Å². The molecule has 1 N–H and O–H groups in total. The van der Waals surface area contributed by atoms with E-state index < -0.39 is 5.82 Å². The quantitative estimate of drug-likeness (QED) is 0.811. The summed E-state index contributed by atoms with van der Waals surface area (Å²) in [4.78, 5) is 26.9. The molecule has 0 aromatic heterocycles. The van der Waals surface area contributed by atoms with Gasteiger partial charge in [-0.05, 0) is 55.7 Å². The van der Waals surface area contributed by atoms with E-state index in [1.165, 1.54) is 6.07 Å². The smallest absolute Gasteiger partial charge is 0.228 e. The molecule has 2 amide bonds. The summed E-state index contributed by atoms with van der Waals surface area (Å²) in [6, 6.07) is 13.0. The number of rotatable bonds is 5. The number of ether oxygens (including phenoxy) is 2. The predicted octanol–water partition coefficient (Wildman–Crippen LogP) is 3.83. The maximum absolute atomic E-state index is 13.7. The van der Waals surface area contributed by atoms with Gasteiger partial charge in [0.2, 0.25) is 11.8 Å². The highest BCUT2D eigenvalue weighted by atomic mass is 19.1. The lowest BCUT2D eigenvalue weighted by Gasteiger charge is -2.32. The molecule has 0 spiro atoms. The number of likely N-dealkylation sites (tertiary alicyclic amines) is 1. The van der Waals surface area contributed by atoms with Gasteiger partial charge in [-0.1, -0.05) is 12.1 Å². The van der Waals surface area contributed by atoms with Crippen LogP contribution in [0.2, 0.25) is 0 Å². The standard InChI is InChI=1S/C23H25FN2O4/c24-20-3-1-2-4-21(20)30-19-7-5-18(6-8-19)25-22(27)16-9-12-26(13-10-16)23(28)17-11-14-29-15-17/h1-8,16-17H,9-15H2,(H,25,27). The average Bonchev–Trinajstić information content (AvgIpc) is 3.31. The molecule has 0 aliphatic carbocycles. The van der Waals surface area contributed by atoms with E-state index in [0.29, 0.717) is 50.6 Å². The van der Waals surface area contributed by atoms with Crippen LogP contribution in [0.5, 0.6) is 11.5 Å². The van der Waals surface area contributed by atoms with Crippen LogP contribution >= 0.6 is 0 Å². The summed E-state index contributed by atoms with van der Waals surface area (Å²) >= 11 is 0. The monoisotopic (exact) mass is 412 g/mol. The van der Waals surface area contributed by atoms with Crippen LogP contribution in [-0.2, 0) is 14.3 Å². The third-order valence-corrected chi connectivity index (χ3v) is 5.64. The van der Waals surface area contributed by atoms with Crippen LogP contribution in [0.1, 0.15) is 19.3 Å². The molecule has 158 valence electrons. The summed E-state index contributed by atoms with van der Waals surface area (Å²) < 4.78 is 24.5. The molecule has 2 aromatic carbocycles. The van der Waals surface area contributed by atoms with Gasteiger partial charge >= 0.3 is 0 Å². The largest absolute Gasteiger partial charge is 0.454 e. The number of carbonyl (C=O) groups is 2. The summed E-state index contributed by atoms with van der Waals surface area (Å²) in [5, 5.41) is 2.92. The minimum absolute atomic E-state index is 0.0273. The number of halogens is 1. The first-order chi connectivity index (χ1) is 14.6. The fourth-order valence-electron chi connectivity index (χ4n) is 3.85. The van der Waals surface area contributed by atoms with Crippen molar-refractivity contribution < 1.29 is 23.5 Å². The fourth-order valence-corrected chi connectivity index (χ4v) is 3.85. The topological polar surface area (TPSA) is 67.9 Å². The molecule has 7 heteroatoms. The van der Waals surface area contributed by atoms with Crippen molar-refractivity contribution in [3.05, 3.63) is 54.3 Å². The molecule has 2 fully saturated rings. The van der Waals surface area contributed by atoms with Crippen molar-refractivity contribution in [1.29, 1.82) is 0 Å². The van der Waals surface area contributed by atoms with E-state index in [1.54, 1.807) is 42.5 Å². The van der Waals surface area contributed by atoms with Crippen LogP contribution in [0, 0.1) is 17.7 Å². The van der Waals surface area contributed by atoms with Crippen LogP contribution in [0.15, 0.2) is 48.5 Å². The van der Waals surface area contributed by atoms with Crippen molar-refractivity contribution in [2.45, 2.75) is 19.3 Å². The molecule has 1 unspecified atom stereocenters. The third kappa shape index (κ3) is 4.79. The van der Waals surface area contributed by atoms with Gasteiger partial charge in [0.1, 0.15) is 5.75 Å². The molecule has 0 bridgehead atoms. The molecule has 30 heavy (non-hydrogen) atoms. The Morgan fingerprint density at radius 3 is 2.40 bits per heavy atom. The number of piperidine rings is 1. The lowest BCUT2D eigenvalue weighted by molar-refractivity contribution is -0.138. The summed E-state index contributed by atoms with van der Waals surface area (Å²) in [5.41, 5.74) is 0.655. The second-order valence-corrected chi connectivity index (χ2v) is 7.71. The average molecular weight is 412 g/mol. The SMILES string of the molecule is O=C(Nc1ccc(Oc2ccccc2F)cc1)C1CCN(C(=O)C2CCOC2)CC1. The minimum atomic E-state index is -0.430. The number of para-hydroxylation sites is 1. The second kappa shape index (κ2) is 9.26. The molecule has 2 aliphatic heterocycles. The van der Waals surface area contributed by atoms with Gasteiger partial charge in [0.25, 0.3) is 0 Å². The highest BCUT2D eigenvalue weighted by Crippen LogP contribution is 2.26. The number of nitrogens with zero attached hydrogens (tertiary/aromatic N) is 1. The predicted molar refractivity (Wildman–Crippen MR) is 110 cm³/mol. The second-order valence-electron chi connectivity index (χ2n) is 7.71. The van der Waals surface area contributed by atoms with Crippen molar-refractivity contribution in [2.24, 2.45) is 11.8 Å². The molecule has 2 saturated heterocycles. The van der Waals surface area contributed by atoms with Gasteiger partial charge < -0.3 is 19.7 Å². The summed E-state index contributed by atoms with van der Waals surface area (Å²) in [6.45, 7) is 2.36. The van der Waals surface area contributed by atoms with Gasteiger partial charge in [-0.25, -0.2) is 4.39 Å².